The summed E-state index contributed by atoms with van der Waals surface area (Å²) < 4.78 is 13.2. The number of nitrogens with one attached hydrogen (secondary N) is 2. The van der Waals surface area contributed by atoms with Crippen LogP contribution in [0.25, 0.3) is 11.1 Å². The second-order valence-electron chi connectivity index (χ2n) is 13.4. The average molecular weight is 589 g/mol. The van der Waals surface area contributed by atoms with E-state index in [0.717, 1.165) is 54.0 Å². The molecule has 2 fully saturated rings. The monoisotopic (exact) mass is 588 g/mol. The maximum absolute atomic E-state index is 13.6. The molecule has 2 aromatic rings. The first kappa shape index (κ1) is 31.2. The van der Waals surface area contributed by atoms with Crippen LogP contribution in [-0.2, 0) is 21.0 Å². The van der Waals surface area contributed by atoms with Gasteiger partial charge < -0.3 is 25.8 Å². The number of carbonyl (C=O) groups is 2. The van der Waals surface area contributed by atoms with Gasteiger partial charge in [0.1, 0.15) is 30.0 Å². The first-order valence-corrected chi connectivity index (χ1v) is 17.5. The highest BCUT2D eigenvalue weighted by atomic mass is 32.3. The van der Waals surface area contributed by atoms with Gasteiger partial charge in [-0.15, -0.1) is 0 Å². The molecule has 1 unspecified atom stereocenters. The number of aryl methyl sites for hydroxylation is 1. The lowest BCUT2D eigenvalue weighted by Gasteiger charge is -2.29. The van der Waals surface area contributed by atoms with Gasteiger partial charge in [0.05, 0.1) is 12.3 Å². The molecule has 2 saturated carbocycles. The van der Waals surface area contributed by atoms with Crippen LogP contribution in [0, 0.1) is 31.6 Å². The van der Waals surface area contributed by atoms with Crippen molar-refractivity contribution in [1.29, 1.82) is 0 Å². The van der Waals surface area contributed by atoms with Crippen molar-refractivity contribution in [3.63, 3.8) is 0 Å². The molecule has 2 aromatic heterocycles. The molecule has 0 bridgehead atoms. The summed E-state index contributed by atoms with van der Waals surface area (Å²) in [6, 6.07) is 2.91. The fraction of sp³-hybridized carbons (Fsp3) is 0.667. The molecule has 0 saturated heterocycles. The lowest BCUT2D eigenvalue weighted by atomic mass is 9.89. The van der Waals surface area contributed by atoms with Gasteiger partial charge in [-0.2, -0.15) is 5.10 Å². The Morgan fingerprint density at radius 2 is 1.76 bits per heavy atom. The van der Waals surface area contributed by atoms with Crippen molar-refractivity contribution >= 4 is 33.7 Å². The summed E-state index contributed by atoms with van der Waals surface area (Å²) in [5.41, 5.74) is 9.20. The Balaban J connectivity index is 1.48. The zero-order valence-electron chi connectivity index (χ0n) is 25.9. The van der Waals surface area contributed by atoms with Crippen molar-refractivity contribution in [2.24, 2.45) is 17.8 Å². The van der Waals surface area contributed by atoms with Gasteiger partial charge in [-0.25, -0.2) is 24.5 Å². The molecule has 2 aliphatic rings. The van der Waals surface area contributed by atoms with Crippen LogP contribution in [0.2, 0.25) is 0 Å². The topological polar surface area (TPSA) is 133 Å². The van der Waals surface area contributed by atoms with Gasteiger partial charge in [0.25, 0.3) is 0 Å². The number of hydrogen-bond acceptors (Lipinski definition) is 7. The summed E-state index contributed by atoms with van der Waals surface area (Å²) in [6.07, 6.45) is 10.6. The molecular formula is C30H48N6O4S. The molecule has 4 N–H and O–H groups in total. The largest absolute Gasteiger partial charge is 0.444 e. The van der Waals surface area contributed by atoms with E-state index in [0.29, 0.717) is 36.8 Å². The van der Waals surface area contributed by atoms with Gasteiger partial charge in [-0.3, -0.25) is 4.79 Å². The molecule has 228 valence electrons. The van der Waals surface area contributed by atoms with Crippen LogP contribution in [0.15, 0.2) is 12.1 Å². The van der Waals surface area contributed by atoms with Crippen molar-refractivity contribution in [2.75, 3.05) is 42.2 Å². The number of pyridine rings is 1. The zero-order chi connectivity index (χ0) is 30.1. The molecule has 0 aromatic carbocycles. The van der Waals surface area contributed by atoms with Gasteiger partial charge in [0.2, 0.25) is 5.91 Å². The Morgan fingerprint density at radius 3 is 2.29 bits per heavy atom. The fourth-order valence-corrected chi connectivity index (χ4v) is 5.91. The summed E-state index contributed by atoms with van der Waals surface area (Å²) in [5.74, 6) is 2.34. The van der Waals surface area contributed by atoms with Gasteiger partial charge in [0.15, 0.2) is 0 Å². The third-order valence-corrected chi connectivity index (χ3v) is 8.94. The smallest absolute Gasteiger partial charge is 0.408 e. The van der Waals surface area contributed by atoms with Crippen molar-refractivity contribution in [2.45, 2.75) is 78.7 Å². The normalized spacial score (nSPS) is 16.9. The van der Waals surface area contributed by atoms with Crippen LogP contribution in [0.5, 0.6) is 0 Å². The molecular weight excluding hydrogens is 540 g/mol. The molecule has 2 heterocycles. The summed E-state index contributed by atoms with van der Waals surface area (Å²) in [7, 11) is -0.616. The minimum atomic E-state index is -0.699. The third-order valence-electron chi connectivity index (χ3n) is 7.55. The van der Waals surface area contributed by atoms with E-state index in [9.17, 15) is 9.59 Å². The van der Waals surface area contributed by atoms with Gasteiger partial charge in [-0.1, -0.05) is 0 Å². The minimum absolute atomic E-state index is 0.0855. The number of carbonyl (C=O) groups excluding carboxylic acids is 2. The highest BCUT2D eigenvalue weighted by Gasteiger charge is 2.48. The maximum Gasteiger partial charge on any atom is 0.408 e. The van der Waals surface area contributed by atoms with E-state index < -0.39 is 27.8 Å². The summed E-state index contributed by atoms with van der Waals surface area (Å²) >= 11 is 0. The van der Waals surface area contributed by atoms with Gasteiger partial charge >= 0.3 is 6.09 Å². The van der Waals surface area contributed by atoms with E-state index >= 15 is 0 Å². The number of amides is 2. The number of alkyl carbamates (subject to hydrolysis) is 1. The first-order chi connectivity index (χ1) is 19.1. The molecule has 11 heteroatoms. The lowest BCUT2D eigenvalue weighted by Crippen LogP contribution is -2.51. The van der Waals surface area contributed by atoms with Gasteiger partial charge in [-0.05, 0) is 109 Å². The van der Waals surface area contributed by atoms with Crippen LogP contribution in [0.1, 0.15) is 57.8 Å². The van der Waals surface area contributed by atoms with Crippen LogP contribution < -0.4 is 16.4 Å². The average Bonchev–Trinajstić information content (AvgIpc) is 3.76. The lowest BCUT2D eigenvalue weighted by molar-refractivity contribution is -0.120. The Bertz CT molecular complexity index is 1240. The minimum Gasteiger partial charge on any atom is -0.444 e. The molecule has 2 amide bonds. The number of nitrogens with zero attached hydrogens (tertiary/aromatic N) is 3. The Morgan fingerprint density at radius 1 is 1.12 bits per heavy atom. The predicted molar refractivity (Wildman–Crippen MR) is 166 cm³/mol. The number of rotatable bonds is 12. The van der Waals surface area contributed by atoms with E-state index in [1.54, 1.807) is 6.07 Å². The van der Waals surface area contributed by atoms with E-state index in [1.807, 2.05) is 45.4 Å². The van der Waals surface area contributed by atoms with E-state index in [-0.39, 0.29) is 11.8 Å². The predicted octanol–water partition coefficient (Wildman–Crippen LogP) is 5.08. The highest BCUT2D eigenvalue weighted by Crippen LogP contribution is 2.51. The molecule has 10 nitrogen and oxygen atoms in total. The Labute approximate surface area is 245 Å². The molecule has 0 spiro atoms. The van der Waals surface area contributed by atoms with Crippen LogP contribution in [0.4, 0.5) is 16.4 Å². The van der Waals surface area contributed by atoms with E-state index in [4.69, 9.17) is 15.2 Å². The number of anilines is 2. The van der Waals surface area contributed by atoms with Crippen molar-refractivity contribution in [3.05, 3.63) is 23.5 Å². The first-order valence-electron chi connectivity index (χ1n) is 14.5. The van der Waals surface area contributed by atoms with Crippen LogP contribution in [-0.4, -0.2) is 69.5 Å². The molecule has 1 atom stereocenters. The zero-order valence-corrected chi connectivity index (χ0v) is 26.7. The summed E-state index contributed by atoms with van der Waals surface area (Å²) in [4.78, 5) is 30.8. The quantitative estimate of drug-likeness (QED) is 0.295. The fourth-order valence-electron chi connectivity index (χ4n) is 5.29. The molecule has 2 aliphatic carbocycles. The number of nitrogens with two attached hydrogens (primary N) is 1. The molecule has 0 aliphatic heterocycles. The number of nitrogen functional groups attached to an aromatic ring is 1. The molecule has 4 rings (SSSR count). The second-order valence-corrected chi connectivity index (χ2v) is 18.0. The molecule has 41 heavy (non-hydrogen) atoms. The van der Waals surface area contributed by atoms with Gasteiger partial charge in [0, 0.05) is 22.6 Å². The highest BCUT2D eigenvalue weighted by molar-refractivity contribution is 8.32. The number of hydrogen-bond donors (Lipinski definition) is 3. The third kappa shape index (κ3) is 8.61. The summed E-state index contributed by atoms with van der Waals surface area (Å²) in [6.45, 7) is 10.4. The standard InChI is InChI=1S/C30H48N6O4S/c1-18-24(19(2)36(35-18)17-39-15-16-41(6,7)8)22-13-14-23(32-27(22)31)33-28(37)26(34-29(38)40-30(3,4)5)25(20-9-10-20)21-11-12-21/h13-14,20-21,25-26H,9-12,15-17H2,1-8H3,(H,34,38)(H3,31,32,33,37). The SMILES string of the molecule is Cc1nn(COCCS(C)(C)C)c(C)c1-c1ccc(NC(=O)C(NC(=O)OC(C)(C)C)C(C2CC2)C2CC2)nc1N. The van der Waals surface area contributed by atoms with E-state index in [1.165, 1.54) is 0 Å². The van der Waals surface area contributed by atoms with Crippen molar-refractivity contribution in [1.82, 2.24) is 20.1 Å². The Kier molecular flexibility index (Phi) is 9.28. The van der Waals surface area contributed by atoms with Crippen LogP contribution in [0.3, 0.4) is 0 Å². The molecule has 0 radical (unpaired) electrons. The number of ether oxygens (including phenoxy) is 2. The summed E-state index contributed by atoms with van der Waals surface area (Å²) in [5, 5.41) is 10.5. The van der Waals surface area contributed by atoms with Crippen LogP contribution >= 0.6 is 10.0 Å². The Hall–Kier alpha value is -2.79. The second kappa shape index (κ2) is 12.2. The van der Waals surface area contributed by atoms with E-state index in [2.05, 4.69) is 39.5 Å². The van der Waals surface area contributed by atoms with Crippen molar-refractivity contribution < 1.29 is 19.1 Å². The van der Waals surface area contributed by atoms with Crippen molar-refractivity contribution in [3.8, 4) is 11.1 Å². The number of aromatic nitrogens is 3. The maximum atomic E-state index is 13.6.